The first-order valence-corrected chi connectivity index (χ1v) is 6.54. The predicted molar refractivity (Wildman–Crippen MR) is 77.4 cm³/mol. The van der Waals surface area contributed by atoms with E-state index in [4.69, 9.17) is 15.7 Å². The van der Waals surface area contributed by atoms with Crippen LogP contribution in [0.15, 0.2) is 52.1 Å². The summed E-state index contributed by atoms with van der Waals surface area (Å²) in [5.74, 6) is 0.212. The van der Waals surface area contributed by atoms with E-state index >= 15 is 0 Å². The fraction of sp³-hybridized carbons (Fsp3) is 0.0714. The van der Waals surface area contributed by atoms with E-state index in [0.717, 1.165) is 0 Å². The van der Waals surface area contributed by atoms with Crippen molar-refractivity contribution in [3.8, 4) is 5.75 Å². The van der Waals surface area contributed by atoms with E-state index in [0.29, 0.717) is 21.3 Å². The predicted octanol–water partition coefficient (Wildman–Crippen LogP) is 3.26. The molecular formula is C14H12BrFN2O2. The van der Waals surface area contributed by atoms with Gasteiger partial charge in [-0.15, -0.1) is 0 Å². The average molecular weight is 339 g/mol. The molecule has 2 rings (SSSR count). The molecule has 2 aromatic carbocycles. The number of hydrogen-bond donors (Lipinski definition) is 2. The van der Waals surface area contributed by atoms with Crippen LogP contribution in [-0.4, -0.2) is 11.0 Å². The Kier molecular flexibility index (Phi) is 4.57. The van der Waals surface area contributed by atoms with Gasteiger partial charge in [0.2, 0.25) is 0 Å². The van der Waals surface area contributed by atoms with Crippen LogP contribution in [0.4, 0.5) is 4.39 Å². The molecular weight excluding hydrogens is 327 g/mol. The lowest BCUT2D eigenvalue weighted by atomic mass is 10.2. The molecule has 6 heteroatoms. The van der Waals surface area contributed by atoms with E-state index in [1.165, 1.54) is 6.07 Å². The van der Waals surface area contributed by atoms with Crippen LogP contribution in [0.3, 0.4) is 0 Å². The average Bonchev–Trinajstić information content (AvgIpc) is 2.48. The van der Waals surface area contributed by atoms with Crippen LogP contribution in [0.25, 0.3) is 0 Å². The van der Waals surface area contributed by atoms with Crippen molar-refractivity contribution in [2.75, 3.05) is 0 Å². The van der Waals surface area contributed by atoms with Gasteiger partial charge in [-0.1, -0.05) is 29.4 Å². The SMILES string of the molecule is N/C(=N/O)c1cccc(OCc2cccc(F)c2Br)c1. The summed E-state index contributed by atoms with van der Waals surface area (Å²) >= 11 is 3.18. The summed E-state index contributed by atoms with van der Waals surface area (Å²) in [6.07, 6.45) is 0. The van der Waals surface area contributed by atoms with Crippen LogP contribution in [0, 0.1) is 5.82 Å². The molecule has 4 nitrogen and oxygen atoms in total. The van der Waals surface area contributed by atoms with E-state index in [1.807, 2.05) is 0 Å². The molecule has 2 aromatic rings. The van der Waals surface area contributed by atoms with E-state index in [9.17, 15) is 4.39 Å². The maximum absolute atomic E-state index is 13.4. The van der Waals surface area contributed by atoms with Gasteiger partial charge >= 0.3 is 0 Å². The number of hydrogen-bond acceptors (Lipinski definition) is 3. The van der Waals surface area contributed by atoms with Gasteiger partial charge in [0.1, 0.15) is 18.2 Å². The molecule has 0 amide bonds. The minimum Gasteiger partial charge on any atom is -0.489 e. The number of rotatable bonds is 4. The number of amidine groups is 1. The van der Waals surface area contributed by atoms with E-state index < -0.39 is 0 Å². The second-order valence-electron chi connectivity index (χ2n) is 4.01. The van der Waals surface area contributed by atoms with Gasteiger partial charge in [-0.2, -0.15) is 0 Å². The monoisotopic (exact) mass is 338 g/mol. The van der Waals surface area contributed by atoms with Gasteiger partial charge in [0.05, 0.1) is 4.47 Å². The number of ether oxygens (including phenoxy) is 1. The van der Waals surface area contributed by atoms with Crippen molar-refractivity contribution in [1.29, 1.82) is 0 Å². The zero-order valence-corrected chi connectivity index (χ0v) is 12.0. The highest BCUT2D eigenvalue weighted by molar-refractivity contribution is 9.10. The molecule has 104 valence electrons. The molecule has 0 bridgehead atoms. The summed E-state index contributed by atoms with van der Waals surface area (Å²) < 4.78 is 19.3. The molecule has 0 saturated heterocycles. The van der Waals surface area contributed by atoms with E-state index in [2.05, 4.69) is 21.1 Å². The Morgan fingerprint density at radius 3 is 2.80 bits per heavy atom. The first-order valence-electron chi connectivity index (χ1n) is 5.75. The summed E-state index contributed by atoms with van der Waals surface area (Å²) in [4.78, 5) is 0. The normalized spacial score (nSPS) is 11.4. The lowest BCUT2D eigenvalue weighted by molar-refractivity contribution is 0.304. The number of halogens is 2. The first kappa shape index (κ1) is 14.3. The highest BCUT2D eigenvalue weighted by Crippen LogP contribution is 2.22. The fourth-order valence-electron chi connectivity index (χ4n) is 1.62. The maximum Gasteiger partial charge on any atom is 0.170 e. The Hall–Kier alpha value is -2.08. The minimum atomic E-state index is -0.337. The molecule has 0 aromatic heterocycles. The smallest absolute Gasteiger partial charge is 0.170 e. The molecule has 0 unspecified atom stereocenters. The number of oxime groups is 1. The van der Waals surface area contributed by atoms with Crippen LogP contribution in [0.2, 0.25) is 0 Å². The molecule has 0 atom stereocenters. The van der Waals surface area contributed by atoms with Crippen LogP contribution >= 0.6 is 15.9 Å². The zero-order chi connectivity index (χ0) is 14.5. The fourth-order valence-corrected chi connectivity index (χ4v) is 2.00. The summed E-state index contributed by atoms with van der Waals surface area (Å²) in [5, 5.41) is 11.6. The number of nitrogens with two attached hydrogens (primary N) is 1. The summed E-state index contributed by atoms with van der Waals surface area (Å²) in [6.45, 7) is 0.206. The molecule has 0 heterocycles. The zero-order valence-electron chi connectivity index (χ0n) is 10.4. The van der Waals surface area contributed by atoms with Gasteiger partial charge in [0, 0.05) is 11.1 Å². The third-order valence-electron chi connectivity index (χ3n) is 2.66. The Morgan fingerprint density at radius 1 is 1.30 bits per heavy atom. The quantitative estimate of drug-likeness (QED) is 0.389. The van der Waals surface area contributed by atoms with Crippen molar-refractivity contribution in [3.63, 3.8) is 0 Å². The molecule has 0 radical (unpaired) electrons. The van der Waals surface area contributed by atoms with Crippen molar-refractivity contribution >= 4 is 21.8 Å². The van der Waals surface area contributed by atoms with Gasteiger partial charge in [-0.25, -0.2) is 4.39 Å². The molecule has 0 fully saturated rings. The Morgan fingerprint density at radius 2 is 2.05 bits per heavy atom. The number of benzene rings is 2. The topological polar surface area (TPSA) is 67.8 Å². The molecule has 3 N–H and O–H groups in total. The van der Waals surface area contributed by atoms with E-state index in [-0.39, 0.29) is 18.3 Å². The van der Waals surface area contributed by atoms with Crippen molar-refractivity contribution in [2.24, 2.45) is 10.9 Å². The lowest BCUT2D eigenvalue weighted by Crippen LogP contribution is -2.12. The summed E-state index contributed by atoms with van der Waals surface area (Å²) in [7, 11) is 0. The third kappa shape index (κ3) is 3.27. The highest BCUT2D eigenvalue weighted by atomic mass is 79.9. The molecule has 0 saturated carbocycles. The van der Waals surface area contributed by atoms with Gasteiger partial charge < -0.3 is 15.7 Å². The largest absolute Gasteiger partial charge is 0.489 e. The van der Waals surface area contributed by atoms with E-state index in [1.54, 1.807) is 36.4 Å². The molecule has 0 spiro atoms. The van der Waals surface area contributed by atoms with Crippen molar-refractivity contribution in [2.45, 2.75) is 6.61 Å². The van der Waals surface area contributed by atoms with Gasteiger partial charge in [-0.05, 0) is 34.1 Å². The molecule has 20 heavy (non-hydrogen) atoms. The molecule has 0 aliphatic carbocycles. The van der Waals surface area contributed by atoms with Crippen LogP contribution in [0.5, 0.6) is 5.75 Å². The van der Waals surface area contributed by atoms with Crippen LogP contribution < -0.4 is 10.5 Å². The summed E-state index contributed by atoms with van der Waals surface area (Å²) in [5.41, 5.74) is 6.74. The lowest BCUT2D eigenvalue weighted by Gasteiger charge is -2.09. The van der Waals surface area contributed by atoms with Crippen LogP contribution in [0.1, 0.15) is 11.1 Å². The summed E-state index contributed by atoms with van der Waals surface area (Å²) in [6, 6.07) is 11.5. The van der Waals surface area contributed by atoms with Crippen molar-refractivity contribution in [3.05, 3.63) is 63.9 Å². The third-order valence-corrected chi connectivity index (χ3v) is 3.55. The maximum atomic E-state index is 13.4. The van der Waals surface area contributed by atoms with Gasteiger partial charge in [0.25, 0.3) is 0 Å². The first-order chi connectivity index (χ1) is 9.61. The van der Waals surface area contributed by atoms with Gasteiger partial charge in [0.15, 0.2) is 5.84 Å². The molecule has 0 aliphatic rings. The highest BCUT2D eigenvalue weighted by Gasteiger charge is 2.06. The number of nitrogens with zero attached hydrogens (tertiary/aromatic N) is 1. The Bertz CT molecular complexity index is 647. The van der Waals surface area contributed by atoms with Crippen molar-refractivity contribution < 1.29 is 14.3 Å². The molecule has 0 aliphatic heterocycles. The van der Waals surface area contributed by atoms with Gasteiger partial charge in [-0.3, -0.25) is 0 Å². The second kappa shape index (κ2) is 6.38. The standard InChI is InChI=1S/C14H12BrFN2O2/c15-13-10(4-2-6-12(13)16)8-20-11-5-1-3-9(7-11)14(17)18-19/h1-7,19H,8H2,(H2,17,18). The van der Waals surface area contributed by atoms with Crippen LogP contribution in [-0.2, 0) is 6.61 Å². The second-order valence-corrected chi connectivity index (χ2v) is 4.81. The Balaban J connectivity index is 2.13. The Labute approximate surface area is 123 Å². The minimum absolute atomic E-state index is 0.00221. The van der Waals surface area contributed by atoms with Crippen molar-refractivity contribution in [1.82, 2.24) is 0 Å².